The molecular weight excluding hydrogens is 364 g/mol. The second-order valence-corrected chi connectivity index (χ2v) is 8.57. The van der Waals surface area contributed by atoms with E-state index in [-0.39, 0.29) is 23.3 Å². The van der Waals surface area contributed by atoms with Gasteiger partial charge in [0, 0.05) is 11.3 Å². The van der Waals surface area contributed by atoms with E-state index in [1.165, 1.54) is 0 Å². The molecule has 0 aliphatic rings. The van der Waals surface area contributed by atoms with E-state index in [2.05, 4.69) is 31.4 Å². The Morgan fingerprint density at radius 1 is 1.00 bits per heavy atom. The Bertz CT molecular complexity index is 836. The molecule has 29 heavy (non-hydrogen) atoms. The molecule has 1 atom stereocenters. The molecule has 0 bridgehead atoms. The fraction of sp³-hybridized carbons (Fsp3) is 0.417. The van der Waals surface area contributed by atoms with Gasteiger partial charge in [-0.1, -0.05) is 45.0 Å². The number of rotatable bonds is 7. The third-order valence-electron chi connectivity index (χ3n) is 4.53. The Kier molecular flexibility index (Phi) is 7.57. The summed E-state index contributed by atoms with van der Waals surface area (Å²) in [6, 6.07) is 14.3. The van der Waals surface area contributed by atoms with Gasteiger partial charge in [-0.2, -0.15) is 0 Å². The zero-order chi connectivity index (χ0) is 21.6. The molecule has 0 heterocycles. The summed E-state index contributed by atoms with van der Waals surface area (Å²) in [4.78, 5) is 25.0. The zero-order valence-corrected chi connectivity index (χ0v) is 18.2. The average Bonchev–Trinajstić information content (AvgIpc) is 2.66. The van der Waals surface area contributed by atoms with E-state index in [4.69, 9.17) is 4.74 Å². The van der Waals surface area contributed by atoms with Crippen molar-refractivity contribution in [3.8, 4) is 0 Å². The molecule has 2 amide bonds. The number of hydrogen-bond acceptors (Lipinski definition) is 3. The van der Waals surface area contributed by atoms with Crippen molar-refractivity contribution in [3.05, 3.63) is 65.2 Å². The van der Waals surface area contributed by atoms with E-state index in [1.54, 1.807) is 19.1 Å². The Hall–Kier alpha value is -2.66. The molecule has 0 radical (unpaired) electrons. The summed E-state index contributed by atoms with van der Waals surface area (Å²) >= 11 is 0. The first kappa shape index (κ1) is 22.6. The standard InChI is InChI=1S/C24H32N2O3/c1-16(2)29-15-18-8-7-9-21(14-18)26-22(27)17(3)25-23(28)19-10-12-20(13-11-19)24(4,5)6/h7-14,16-17H,15H2,1-6H3,(H,25,28)(H,26,27). The van der Waals surface area contributed by atoms with Crippen LogP contribution in [0, 0.1) is 0 Å². The SMILES string of the molecule is CC(C)OCc1cccc(NC(=O)C(C)NC(=O)c2ccc(C(C)(C)C)cc2)c1. The van der Waals surface area contributed by atoms with Crippen molar-refractivity contribution in [3.63, 3.8) is 0 Å². The Morgan fingerprint density at radius 2 is 1.66 bits per heavy atom. The third-order valence-corrected chi connectivity index (χ3v) is 4.53. The highest BCUT2D eigenvalue weighted by molar-refractivity contribution is 6.01. The van der Waals surface area contributed by atoms with E-state index in [9.17, 15) is 9.59 Å². The number of hydrogen-bond donors (Lipinski definition) is 2. The first-order valence-electron chi connectivity index (χ1n) is 9.99. The third kappa shape index (κ3) is 7.02. The van der Waals surface area contributed by atoms with Gasteiger partial charge < -0.3 is 15.4 Å². The average molecular weight is 397 g/mol. The van der Waals surface area contributed by atoms with Crippen LogP contribution in [0.2, 0.25) is 0 Å². The smallest absolute Gasteiger partial charge is 0.251 e. The van der Waals surface area contributed by atoms with Crippen LogP contribution in [0.1, 0.15) is 63.0 Å². The minimum Gasteiger partial charge on any atom is -0.374 e. The highest BCUT2D eigenvalue weighted by atomic mass is 16.5. The number of anilines is 1. The molecule has 0 aliphatic carbocycles. The Balaban J connectivity index is 1.95. The molecule has 156 valence electrons. The lowest BCUT2D eigenvalue weighted by Crippen LogP contribution is -2.41. The predicted octanol–water partition coefficient (Wildman–Crippen LogP) is 4.67. The summed E-state index contributed by atoms with van der Waals surface area (Å²) in [5.74, 6) is -0.543. The molecule has 0 saturated carbocycles. The van der Waals surface area contributed by atoms with Crippen molar-refractivity contribution >= 4 is 17.5 Å². The van der Waals surface area contributed by atoms with Crippen LogP contribution in [-0.4, -0.2) is 24.0 Å². The fourth-order valence-electron chi connectivity index (χ4n) is 2.72. The van der Waals surface area contributed by atoms with E-state index in [0.29, 0.717) is 17.9 Å². The lowest BCUT2D eigenvalue weighted by molar-refractivity contribution is -0.117. The van der Waals surface area contributed by atoms with Crippen LogP contribution in [0.15, 0.2) is 48.5 Å². The van der Waals surface area contributed by atoms with Crippen LogP contribution in [0.25, 0.3) is 0 Å². The van der Waals surface area contributed by atoms with Gasteiger partial charge in [-0.15, -0.1) is 0 Å². The summed E-state index contributed by atoms with van der Waals surface area (Å²) in [6.07, 6.45) is 0.140. The molecule has 5 nitrogen and oxygen atoms in total. The normalized spacial score (nSPS) is 12.5. The van der Waals surface area contributed by atoms with Crippen molar-refractivity contribution in [1.82, 2.24) is 5.32 Å². The highest BCUT2D eigenvalue weighted by Crippen LogP contribution is 2.22. The number of nitrogens with one attached hydrogen (secondary N) is 2. The van der Waals surface area contributed by atoms with Crippen molar-refractivity contribution in [1.29, 1.82) is 0 Å². The maximum absolute atomic E-state index is 12.5. The molecule has 2 rings (SSSR count). The number of amides is 2. The van der Waals surface area contributed by atoms with Gasteiger partial charge in [0.1, 0.15) is 6.04 Å². The van der Waals surface area contributed by atoms with Crippen LogP contribution in [-0.2, 0) is 21.6 Å². The Morgan fingerprint density at radius 3 is 2.24 bits per heavy atom. The summed E-state index contributed by atoms with van der Waals surface area (Å²) in [7, 11) is 0. The molecule has 5 heteroatoms. The topological polar surface area (TPSA) is 67.4 Å². The van der Waals surface area contributed by atoms with Crippen LogP contribution >= 0.6 is 0 Å². The van der Waals surface area contributed by atoms with Gasteiger partial charge in [0.05, 0.1) is 12.7 Å². The van der Waals surface area contributed by atoms with E-state index in [1.807, 2.05) is 50.2 Å². The summed E-state index contributed by atoms with van der Waals surface area (Å²) in [5, 5.41) is 5.60. The molecule has 0 fully saturated rings. The largest absolute Gasteiger partial charge is 0.374 e. The summed E-state index contributed by atoms with van der Waals surface area (Å²) < 4.78 is 5.60. The maximum atomic E-state index is 12.5. The molecule has 0 saturated heterocycles. The number of carbonyl (C=O) groups is 2. The van der Waals surface area contributed by atoms with Gasteiger partial charge >= 0.3 is 0 Å². The Labute approximate surface area is 173 Å². The van der Waals surface area contributed by atoms with Gasteiger partial charge in [0.15, 0.2) is 0 Å². The van der Waals surface area contributed by atoms with Crippen molar-refractivity contribution in [2.75, 3.05) is 5.32 Å². The van der Waals surface area contributed by atoms with Gasteiger partial charge in [-0.3, -0.25) is 9.59 Å². The van der Waals surface area contributed by atoms with Crippen molar-refractivity contribution in [2.45, 2.75) is 65.7 Å². The number of carbonyl (C=O) groups excluding carboxylic acids is 2. The molecule has 2 aromatic carbocycles. The van der Waals surface area contributed by atoms with Crippen molar-refractivity contribution in [2.24, 2.45) is 0 Å². The molecule has 0 aliphatic heterocycles. The van der Waals surface area contributed by atoms with Gasteiger partial charge in [-0.25, -0.2) is 0 Å². The van der Waals surface area contributed by atoms with Crippen LogP contribution in [0.3, 0.4) is 0 Å². The minimum atomic E-state index is -0.666. The second-order valence-electron chi connectivity index (χ2n) is 8.57. The fourth-order valence-corrected chi connectivity index (χ4v) is 2.72. The molecule has 2 aromatic rings. The molecule has 0 spiro atoms. The van der Waals surface area contributed by atoms with Gasteiger partial charge in [0.2, 0.25) is 5.91 Å². The molecule has 1 unspecified atom stereocenters. The summed E-state index contributed by atoms with van der Waals surface area (Å²) in [6.45, 7) is 12.5. The maximum Gasteiger partial charge on any atom is 0.251 e. The van der Waals surface area contributed by atoms with E-state index >= 15 is 0 Å². The highest BCUT2D eigenvalue weighted by Gasteiger charge is 2.18. The van der Waals surface area contributed by atoms with Gasteiger partial charge in [0.25, 0.3) is 5.91 Å². The van der Waals surface area contributed by atoms with Crippen molar-refractivity contribution < 1.29 is 14.3 Å². The first-order chi connectivity index (χ1) is 13.6. The lowest BCUT2D eigenvalue weighted by Gasteiger charge is -2.19. The quantitative estimate of drug-likeness (QED) is 0.715. The molecule has 0 aromatic heterocycles. The van der Waals surface area contributed by atoms with Crippen LogP contribution < -0.4 is 10.6 Å². The van der Waals surface area contributed by atoms with E-state index < -0.39 is 6.04 Å². The van der Waals surface area contributed by atoms with E-state index in [0.717, 1.165) is 11.1 Å². The number of benzene rings is 2. The lowest BCUT2D eigenvalue weighted by atomic mass is 9.86. The molecule has 2 N–H and O–H groups in total. The first-order valence-corrected chi connectivity index (χ1v) is 9.99. The van der Waals surface area contributed by atoms with Crippen LogP contribution in [0.4, 0.5) is 5.69 Å². The van der Waals surface area contributed by atoms with Gasteiger partial charge in [-0.05, 0) is 61.6 Å². The monoisotopic (exact) mass is 396 g/mol. The zero-order valence-electron chi connectivity index (χ0n) is 18.2. The summed E-state index contributed by atoms with van der Waals surface area (Å²) in [5.41, 5.74) is 3.37. The minimum absolute atomic E-state index is 0.0247. The predicted molar refractivity (Wildman–Crippen MR) is 117 cm³/mol. The second kappa shape index (κ2) is 9.70. The molecular formula is C24H32N2O3. The van der Waals surface area contributed by atoms with Crippen LogP contribution in [0.5, 0.6) is 0 Å². The number of ether oxygens (including phenoxy) is 1.